The number of ether oxygens (including phenoxy) is 1. The molecule has 186 valence electrons. The van der Waals surface area contributed by atoms with E-state index in [0.717, 1.165) is 36.4 Å². The molecule has 3 aromatic rings. The number of nitrogens with one attached hydrogen (secondary N) is 1. The van der Waals surface area contributed by atoms with Crippen LogP contribution in [0.3, 0.4) is 0 Å². The molecule has 1 amide bonds. The number of hydrogen-bond donors (Lipinski definition) is 1. The molecule has 0 fully saturated rings. The van der Waals surface area contributed by atoms with Gasteiger partial charge < -0.3 is 10.1 Å². The number of anilines is 1. The zero-order valence-electron chi connectivity index (χ0n) is 17.6. The number of alkyl halides is 6. The van der Waals surface area contributed by atoms with E-state index in [9.17, 15) is 39.6 Å². The van der Waals surface area contributed by atoms with Crippen LogP contribution in [-0.4, -0.2) is 32.3 Å². The van der Waals surface area contributed by atoms with Gasteiger partial charge in [0.05, 0.1) is 16.4 Å². The predicted molar refractivity (Wildman–Crippen MR) is 113 cm³/mol. The highest BCUT2D eigenvalue weighted by Crippen LogP contribution is 2.47. The third kappa shape index (κ3) is 5.33. The van der Waals surface area contributed by atoms with Crippen molar-refractivity contribution in [3.63, 3.8) is 0 Å². The molecular weight excluding hydrogens is 500 g/mol. The lowest BCUT2D eigenvalue weighted by atomic mass is 10.0. The number of benzene rings is 3. The fourth-order valence-corrected chi connectivity index (χ4v) is 4.36. The molecule has 0 saturated heterocycles. The van der Waals surface area contributed by atoms with Crippen molar-refractivity contribution in [2.45, 2.75) is 34.4 Å². The first-order valence-corrected chi connectivity index (χ1v) is 11.3. The van der Waals surface area contributed by atoms with Crippen molar-refractivity contribution in [1.82, 2.24) is 0 Å². The first-order valence-electron chi connectivity index (χ1n) is 9.82. The van der Waals surface area contributed by atoms with Gasteiger partial charge in [0, 0.05) is 5.69 Å². The second-order valence-corrected chi connectivity index (χ2v) is 9.20. The summed E-state index contributed by atoms with van der Waals surface area (Å²) in [5, 5.41) is 1.60. The lowest BCUT2D eigenvalue weighted by Crippen LogP contribution is -2.65. The van der Waals surface area contributed by atoms with E-state index in [0.29, 0.717) is 0 Å². The SMILES string of the molecule is O=C(Nc1ccccc1)C(OCc1ccc(S(=O)(=O)c2ccccc2)cc1)(C(F)(F)F)C(F)(F)F. The summed E-state index contributed by atoms with van der Waals surface area (Å²) in [6, 6.07) is 17.6. The Kier molecular flexibility index (Phi) is 7.27. The third-order valence-corrected chi connectivity index (χ3v) is 6.68. The van der Waals surface area contributed by atoms with Gasteiger partial charge in [0.1, 0.15) is 0 Å². The van der Waals surface area contributed by atoms with Gasteiger partial charge >= 0.3 is 18.0 Å². The number of carbonyl (C=O) groups excluding carboxylic acids is 1. The van der Waals surface area contributed by atoms with Gasteiger partial charge in [-0.15, -0.1) is 0 Å². The van der Waals surface area contributed by atoms with Gasteiger partial charge in [-0.2, -0.15) is 26.3 Å². The predicted octanol–water partition coefficient (Wildman–Crippen LogP) is 5.54. The Bertz CT molecular complexity index is 1250. The summed E-state index contributed by atoms with van der Waals surface area (Å²) in [7, 11) is -3.96. The standard InChI is InChI=1S/C23H17F6NO4S/c24-22(25,26)21(23(27,28)29,20(31)30-17-7-3-1-4-8-17)34-15-16-11-13-19(14-12-16)35(32,33)18-9-5-2-6-10-18/h1-14H,15H2,(H,30,31). The number of sulfone groups is 1. The normalized spacial score (nSPS) is 12.9. The zero-order valence-corrected chi connectivity index (χ0v) is 18.4. The molecule has 0 aliphatic rings. The second kappa shape index (κ2) is 9.70. The minimum atomic E-state index is -6.17. The molecule has 0 atom stereocenters. The van der Waals surface area contributed by atoms with Crippen LogP contribution in [0.25, 0.3) is 0 Å². The van der Waals surface area contributed by atoms with Gasteiger partial charge in [0.2, 0.25) is 9.84 Å². The number of halogens is 6. The van der Waals surface area contributed by atoms with Crippen LogP contribution in [0.1, 0.15) is 5.56 Å². The van der Waals surface area contributed by atoms with E-state index in [2.05, 4.69) is 4.74 Å². The molecule has 0 heterocycles. The van der Waals surface area contributed by atoms with Gasteiger partial charge in [0.15, 0.2) is 0 Å². The van der Waals surface area contributed by atoms with Crippen LogP contribution in [0.2, 0.25) is 0 Å². The van der Waals surface area contributed by atoms with E-state index in [1.54, 1.807) is 11.4 Å². The topological polar surface area (TPSA) is 72.5 Å². The van der Waals surface area contributed by atoms with E-state index in [4.69, 9.17) is 0 Å². The quantitative estimate of drug-likeness (QED) is 0.418. The van der Waals surface area contributed by atoms with Crippen molar-refractivity contribution in [1.29, 1.82) is 0 Å². The van der Waals surface area contributed by atoms with E-state index in [1.165, 1.54) is 42.5 Å². The second-order valence-electron chi connectivity index (χ2n) is 7.25. The Morgan fingerprint density at radius 2 is 1.17 bits per heavy atom. The van der Waals surface area contributed by atoms with Crippen LogP contribution >= 0.6 is 0 Å². The van der Waals surface area contributed by atoms with Crippen molar-refractivity contribution >= 4 is 21.4 Å². The number of carbonyl (C=O) groups is 1. The van der Waals surface area contributed by atoms with Crippen molar-refractivity contribution in [2.75, 3.05) is 5.32 Å². The molecule has 0 unspecified atom stereocenters. The molecule has 12 heteroatoms. The summed E-state index contributed by atoms with van der Waals surface area (Å²) >= 11 is 0. The maximum Gasteiger partial charge on any atom is 0.435 e. The molecular formula is C23H17F6NO4S. The van der Waals surface area contributed by atoms with Crippen LogP contribution in [0.4, 0.5) is 32.0 Å². The van der Waals surface area contributed by atoms with Crippen LogP contribution in [0.15, 0.2) is 94.7 Å². The van der Waals surface area contributed by atoms with Gasteiger partial charge in [-0.25, -0.2) is 8.42 Å². The van der Waals surface area contributed by atoms with Gasteiger partial charge in [-0.3, -0.25) is 4.79 Å². The Labute approximate surface area is 196 Å². The molecule has 0 spiro atoms. The lowest BCUT2D eigenvalue weighted by molar-refractivity contribution is -0.364. The molecule has 3 rings (SSSR count). The van der Waals surface area contributed by atoms with Crippen LogP contribution in [-0.2, 0) is 26.0 Å². The average Bonchev–Trinajstić information content (AvgIpc) is 2.79. The summed E-state index contributed by atoms with van der Waals surface area (Å²) < 4.78 is 112. The molecule has 0 aromatic heterocycles. The van der Waals surface area contributed by atoms with Gasteiger partial charge in [-0.05, 0) is 42.0 Å². The van der Waals surface area contributed by atoms with Crippen LogP contribution < -0.4 is 5.32 Å². The summed E-state index contributed by atoms with van der Waals surface area (Å²) in [4.78, 5) is 12.1. The molecule has 0 bridgehead atoms. The molecule has 0 aliphatic carbocycles. The highest BCUT2D eigenvalue weighted by atomic mass is 32.2. The Balaban J connectivity index is 1.89. The summed E-state index contributed by atoms with van der Waals surface area (Å²) in [5.41, 5.74) is -5.69. The van der Waals surface area contributed by atoms with E-state index in [-0.39, 0.29) is 21.0 Å². The number of para-hydroxylation sites is 1. The van der Waals surface area contributed by atoms with Crippen LogP contribution in [0, 0.1) is 0 Å². The molecule has 3 aromatic carbocycles. The number of hydrogen-bond acceptors (Lipinski definition) is 4. The van der Waals surface area contributed by atoms with Gasteiger partial charge in [-0.1, -0.05) is 48.5 Å². The lowest BCUT2D eigenvalue weighted by Gasteiger charge is -2.35. The van der Waals surface area contributed by atoms with Crippen molar-refractivity contribution in [2.24, 2.45) is 0 Å². The average molecular weight is 517 g/mol. The molecule has 35 heavy (non-hydrogen) atoms. The smallest absolute Gasteiger partial charge is 0.345 e. The molecule has 0 aliphatic heterocycles. The van der Waals surface area contributed by atoms with E-state index < -0.39 is 40.3 Å². The minimum absolute atomic E-state index is 0.0465. The Hall–Kier alpha value is -3.38. The summed E-state index contributed by atoms with van der Waals surface area (Å²) in [6.07, 6.45) is -12.3. The third-order valence-electron chi connectivity index (χ3n) is 4.89. The summed E-state index contributed by atoms with van der Waals surface area (Å²) in [6.45, 7) is -1.28. The van der Waals surface area contributed by atoms with E-state index in [1.807, 2.05) is 0 Å². The maximum absolute atomic E-state index is 13.8. The summed E-state index contributed by atoms with van der Waals surface area (Å²) in [5.74, 6) is -2.47. The molecule has 1 N–H and O–H groups in total. The largest absolute Gasteiger partial charge is 0.435 e. The Morgan fingerprint density at radius 1 is 0.714 bits per heavy atom. The highest BCUT2D eigenvalue weighted by molar-refractivity contribution is 7.91. The molecule has 0 radical (unpaired) electrons. The zero-order chi connectivity index (χ0) is 25.9. The first-order chi connectivity index (χ1) is 16.3. The highest BCUT2D eigenvalue weighted by Gasteiger charge is 2.77. The Morgan fingerprint density at radius 3 is 1.66 bits per heavy atom. The monoisotopic (exact) mass is 517 g/mol. The number of rotatable bonds is 7. The van der Waals surface area contributed by atoms with Crippen LogP contribution in [0.5, 0.6) is 0 Å². The van der Waals surface area contributed by atoms with E-state index >= 15 is 0 Å². The fraction of sp³-hybridized carbons (Fsp3) is 0.174. The van der Waals surface area contributed by atoms with Crippen molar-refractivity contribution < 1.29 is 44.3 Å². The van der Waals surface area contributed by atoms with Gasteiger partial charge in [0.25, 0.3) is 5.91 Å². The number of amides is 1. The van der Waals surface area contributed by atoms with Crippen molar-refractivity contribution in [3.8, 4) is 0 Å². The minimum Gasteiger partial charge on any atom is -0.345 e. The maximum atomic E-state index is 13.8. The van der Waals surface area contributed by atoms with Crippen molar-refractivity contribution in [3.05, 3.63) is 90.5 Å². The fourth-order valence-electron chi connectivity index (χ4n) is 3.08. The first kappa shape index (κ1) is 26.2. The molecule has 5 nitrogen and oxygen atoms in total. The molecule has 0 saturated carbocycles.